The fraction of sp³-hybridized carbons (Fsp3) is 1.00. The highest BCUT2D eigenvalue weighted by atomic mass is 14.6. The van der Waals surface area contributed by atoms with Crippen LogP contribution < -0.4 is 11.5 Å². The minimum absolute atomic E-state index is 0.509. The third kappa shape index (κ3) is 54.1. The first-order chi connectivity index (χ1) is 54.4. The first kappa shape index (κ1) is 114. The first-order valence-electron chi connectivity index (χ1n) is 53.9. The van der Waals surface area contributed by atoms with Gasteiger partial charge in [0.05, 0.1) is 0 Å². The fourth-order valence-electron chi connectivity index (χ4n) is 23.4. The molecule has 0 radical (unpaired) electrons. The topological polar surface area (TPSA) is 52.0 Å². The SMILES string of the molecule is CC(C)C1CCC(N)CC1.CC(C)C1CCC(N)CC1.CC(C)[C@@H]1CCC[C@@H](C)C1.CC(C)[C@@H]1CCC[C@@H](C)C1.CC(C)[C@@H]1CC[C@@H](C)C1.CC(C)[C@@H]1CC[C@H](C)C1.CC(C)[C@H]1CCC[C@@H](C)C1.CC(C)[C@H]1CCC[C@H](C)C1.CC(C)[C@H]1CC[C@@H](C)C1.CC(C)[C@H]1CC[C@H](C)C1.CC1CCC(C(C)C)CC1.CC1CCCC(C(C)C)C1. The molecule has 2 heteroatoms. The summed E-state index contributed by atoms with van der Waals surface area (Å²) in [6.07, 6.45) is 63.8. The maximum Gasteiger partial charge on any atom is 0.00390 e. The van der Waals surface area contributed by atoms with Crippen LogP contribution in [0.25, 0.3) is 0 Å². The van der Waals surface area contributed by atoms with Crippen molar-refractivity contribution in [3.8, 4) is 0 Å². The molecule has 18 atom stereocenters. The summed E-state index contributed by atoms with van der Waals surface area (Å²) in [5.74, 6) is 33.3. The number of nitrogens with two attached hydrogens (primary N) is 2. The lowest BCUT2D eigenvalue weighted by Crippen LogP contribution is -2.28. The van der Waals surface area contributed by atoms with Gasteiger partial charge in [0.15, 0.2) is 0 Å². The van der Waals surface area contributed by atoms with E-state index in [1.807, 2.05) is 0 Å². The van der Waals surface area contributed by atoms with Gasteiger partial charge in [-0.15, -0.1) is 0 Å². The Morgan fingerprint density at radius 2 is 0.241 bits per heavy atom. The first-order valence-corrected chi connectivity index (χ1v) is 53.9. The third-order valence-electron chi connectivity index (χ3n) is 33.8. The van der Waals surface area contributed by atoms with Gasteiger partial charge in [0, 0.05) is 12.1 Å². The Bertz CT molecular complexity index is 1860. The minimum atomic E-state index is 0.509. The van der Waals surface area contributed by atoms with Crippen molar-refractivity contribution in [2.45, 2.75) is 530 Å². The molecule has 12 aliphatic rings. The van der Waals surface area contributed by atoms with Crippen LogP contribution in [-0.2, 0) is 0 Å². The molecule has 0 amide bonds. The summed E-state index contributed by atoms with van der Waals surface area (Å²) < 4.78 is 0. The van der Waals surface area contributed by atoms with E-state index >= 15 is 0 Å². The molecule has 12 aliphatic carbocycles. The van der Waals surface area contributed by atoms with Crippen molar-refractivity contribution >= 4 is 0 Å². The molecular weight excluding hydrogens is 1400 g/mol. The molecule has 0 heterocycles. The molecule has 2 unspecified atom stereocenters. The average Bonchev–Trinajstić information content (AvgIpc) is 1.46. The average molecular weight is 1630 g/mol. The lowest BCUT2D eigenvalue weighted by atomic mass is 9.77. The van der Waals surface area contributed by atoms with Gasteiger partial charge in [0.1, 0.15) is 0 Å². The van der Waals surface area contributed by atoms with E-state index in [1.54, 1.807) is 0 Å². The summed E-state index contributed by atoms with van der Waals surface area (Å²) in [4.78, 5) is 0. The zero-order valence-electron chi connectivity index (χ0n) is 87.1. The minimum Gasteiger partial charge on any atom is -0.328 e. The smallest absolute Gasteiger partial charge is 0.00390 e. The normalized spacial score (nSPS) is 35.2. The van der Waals surface area contributed by atoms with Crippen LogP contribution in [0.4, 0.5) is 0 Å². The van der Waals surface area contributed by atoms with Gasteiger partial charge in [-0.25, -0.2) is 0 Å². The van der Waals surface area contributed by atoms with Crippen LogP contribution in [0.15, 0.2) is 0 Å². The van der Waals surface area contributed by atoms with Crippen molar-refractivity contribution in [2.75, 3.05) is 0 Å². The Balaban J connectivity index is 0.000000633. The van der Waals surface area contributed by atoms with Gasteiger partial charge in [0.25, 0.3) is 0 Å². The molecule has 2 nitrogen and oxygen atoms in total. The highest BCUT2D eigenvalue weighted by Gasteiger charge is 2.30. The van der Waals surface area contributed by atoms with Gasteiger partial charge >= 0.3 is 0 Å². The van der Waals surface area contributed by atoms with E-state index in [9.17, 15) is 0 Å². The van der Waals surface area contributed by atoms with Crippen molar-refractivity contribution in [1.29, 1.82) is 0 Å². The van der Waals surface area contributed by atoms with Crippen LogP contribution in [0.3, 0.4) is 0 Å². The second-order valence-electron chi connectivity index (χ2n) is 49.2. The van der Waals surface area contributed by atoms with Crippen LogP contribution in [0, 0.1) is 201 Å². The lowest BCUT2D eigenvalue weighted by Gasteiger charge is -2.29. The van der Waals surface area contributed by atoms with E-state index in [2.05, 4.69) is 235 Å². The molecule has 0 aromatic carbocycles. The van der Waals surface area contributed by atoms with E-state index in [4.69, 9.17) is 11.5 Å². The molecule has 12 rings (SSSR count). The van der Waals surface area contributed by atoms with E-state index in [0.717, 1.165) is 201 Å². The van der Waals surface area contributed by atoms with Gasteiger partial charge in [-0.3, -0.25) is 0 Å². The fourth-order valence-corrected chi connectivity index (χ4v) is 23.4. The molecule has 696 valence electrons. The van der Waals surface area contributed by atoms with E-state index < -0.39 is 0 Å². The van der Waals surface area contributed by atoms with Gasteiger partial charge in [-0.2, -0.15) is 0 Å². The van der Waals surface area contributed by atoms with Gasteiger partial charge in [-0.1, -0.05) is 370 Å². The third-order valence-corrected chi connectivity index (χ3v) is 33.8. The Labute approximate surface area is 738 Å². The van der Waals surface area contributed by atoms with Crippen molar-refractivity contribution in [3.63, 3.8) is 0 Å². The quantitative estimate of drug-likeness (QED) is 0.205. The number of hydrogen-bond acceptors (Lipinski definition) is 2. The van der Waals surface area contributed by atoms with Crippen molar-refractivity contribution in [2.24, 2.45) is 213 Å². The molecule has 0 aliphatic heterocycles. The Morgan fingerprint density at radius 3 is 0.353 bits per heavy atom. The Hall–Kier alpha value is -0.0800. The molecule has 0 bridgehead atoms. The molecule has 0 aromatic rings. The summed E-state index contributed by atoms with van der Waals surface area (Å²) in [5, 5.41) is 0. The van der Waals surface area contributed by atoms with Crippen molar-refractivity contribution in [3.05, 3.63) is 0 Å². The monoisotopic (exact) mass is 1630 g/mol. The molecule has 4 N–H and O–H groups in total. The molecule has 12 saturated carbocycles. The Morgan fingerprint density at radius 1 is 0.129 bits per heavy atom. The molecule has 116 heavy (non-hydrogen) atoms. The van der Waals surface area contributed by atoms with Crippen LogP contribution in [0.5, 0.6) is 0 Å². The summed E-state index contributed by atoms with van der Waals surface area (Å²) in [7, 11) is 0. The van der Waals surface area contributed by atoms with Gasteiger partial charge < -0.3 is 11.5 Å². The second-order valence-corrected chi connectivity index (χ2v) is 49.2. The number of rotatable bonds is 12. The second kappa shape index (κ2) is 64.6. The highest BCUT2D eigenvalue weighted by molar-refractivity contribution is 4.83. The van der Waals surface area contributed by atoms with Crippen LogP contribution in [-0.4, -0.2) is 12.1 Å². The molecule has 0 saturated heterocycles. The van der Waals surface area contributed by atoms with E-state index in [-0.39, 0.29) is 0 Å². The number of hydrogen-bond donors (Lipinski definition) is 2. The summed E-state index contributed by atoms with van der Waals surface area (Å²) in [5.41, 5.74) is 11.6. The maximum atomic E-state index is 5.80. The van der Waals surface area contributed by atoms with Crippen molar-refractivity contribution in [1.82, 2.24) is 0 Å². The van der Waals surface area contributed by atoms with Crippen molar-refractivity contribution < 1.29 is 0 Å². The van der Waals surface area contributed by atoms with Crippen LogP contribution >= 0.6 is 0 Å². The largest absolute Gasteiger partial charge is 0.328 e. The Kier molecular flexibility index (Phi) is 63.5. The summed E-state index contributed by atoms with van der Waals surface area (Å²) in [6.45, 7) is 80.3. The predicted octanol–water partition coefficient (Wildman–Crippen LogP) is 37.4. The van der Waals surface area contributed by atoms with E-state index in [0.29, 0.717) is 12.1 Å². The van der Waals surface area contributed by atoms with E-state index in [1.165, 1.54) is 283 Å². The zero-order valence-corrected chi connectivity index (χ0v) is 87.1. The lowest BCUT2D eigenvalue weighted by molar-refractivity contribution is 0.226. The predicted molar refractivity (Wildman–Crippen MR) is 531 cm³/mol. The summed E-state index contributed by atoms with van der Waals surface area (Å²) >= 11 is 0. The van der Waals surface area contributed by atoms with Crippen LogP contribution in [0.2, 0.25) is 0 Å². The molecule has 12 fully saturated rings. The summed E-state index contributed by atoms with van der Waals surface area (Å²) in [6, 6.07) is 1.02. The molecule has 0 aromatic heterocycles. The van der Waals surface area contributed by atoms with Gasteiger partial charge in [-0.05, 0) is 349 Å². The molecular formula is C114H230N2. The zero-order chi connectivity index (χ0) is 87.9. The standard InChI is InChI=1S/6C10H20.2C9H19N.4C9H18/c1-8(2)10-6-4-9(3)5-7-10;5*1-8(2)10-6-4-5-9(3)7-10;2*1-7(2)8-3-5-9(10)6-4-8;4*1-7(2)9-5-4-8(3)6-9/h6*8-10H,4-7H2,1-3H3;2*7-9H,3-6,10H2,1-2H3;4*7-9H,4-6H2,1-3H3/t;9-,10+;3*9-,10-;;;;2*8-,9+;2*8-,9-/m.1110...1010/s1. The van der Waals surface area contributed by atoms with Crippen LogP contribution in [0.1, 0.15) is 518 Å². The molecule has 0 spiro atoms. The van der Waals surface area contributed by atoms with Gasteiger partial charge in [0.2, 0.25) is 0 Å². The highest BCUT2D eigenvalue weighted by Crippen LogP contribution is 2.42. The maximum absolute atomic E-state index is 5.80.